The Morgan fingerprint density at radius 1 is 1.04 bits per heavy atom. The molecule has 8 heteroatoms. The van der Waals surface area contributed by atoms with Crippen LogP contribution >= 0.6 is 46.6 Å². The van der Waals surface area contributed by atoms with E-state index >= 15 is 0 Å². The van der Waals surface area contributed by atoms with Crippen molar-refractivity contribution in [2.24, 2.45) is 0 Å². The number of allylic oxidation sites excluding steroid dienone is 1. The summed E-state index contributed by atoms with van der Waals surface area (Å²) in [4.78, 5) is 0. The highest BCUT2D eigenvalue weighted by Crippen LogP contribution is 2.28. The zero-order valence-electron chi connectivity index (χ0n) is 14.2. The molecule has 27 heavy (non-hydrogen) atoms. The van der Waals surface area contributed by atoms with Gasteiger partial charge in [-0.15, -0.1) is 16.8 Å². The van der Waals surface area contributed by atoms with E-state index in [0.717, 1.165) is 22.3 Å². The van der Waals surface area contributed by atoms with Crippen LogP contribution in [0.5, 0.6) is 5.75 Å². The Kier molecular flexibility index (Phi) is 7.07. The topological polar surface area (TPSA) is 39.9 Å². The van der Waals surface area contributed by atoms with Crippen molar-refractivity contribution in [2.75, 3.05) is 0 Å². The van der Waals surface area contributed by atoms with Crippen molar-refractivity contribution >= 4 is 46.6 Å². The minimum Gasteiger partial charge on any atom is -0.486 e. The Balaban J connectivity index is 1.70. The van der Waals surface area contributed by atoms with Gasteiger partial charge in [0.15, 0.2) is 11.0 Å². The molecule has 3 rings (SSSR count). The molecule has 1 heterocycles. The summed E-state index contributed by atoms with van der Waals surface area (Å²) in [6, 6.07) is 12.7. The molecular weight excluding hydrogens is 425 g/mol. The zero-order valence-corrected chi connectivity index (χ0v) is 17.3. The molecule has 0 bridgehead atoms. The molecule has 3 aromatic rings. The molecule has 0 radical (unpaired) electrons. The largest absolute Gasteiger partial charge is 0.486 e. The second-order valence-corrected chi connectivity index (χ2v) is 7.79. The molecule has 0 spiro atoms. The molecule has 0 N–H and O–H groups in total. The van der Waals surface area contributed by atoms with Crippen LogP contribution < -0.4 is 4.74 Å². The molecule has 0 saturated heterocycles. The van der Waals surface area contributed by atoms with Gasteiger partial charge >= 0.3 is 0 Å². The smallest absolute Gasteiger partial charge is 0.191 e. The number of benzene rings is 2. The van der Waals surface area contributed by atoms with Crippen molar-refractivity contribution in [2.45, 2.75) is 24.1 Å². The predicted molar refractivity (Wildman–Crippen MR) is 112 cm³/mol. The molecule has 0 aliphatic carbocycles. The fraction of sp³-hybridized carbons (Fsp3) is 0.158. The lowest BCUT2D eigenvalue weighted by atomic mass is 10.2. The van der Waals surface area contributed by atoms with Crippen molar-refractivity contribution in [3.05, 3.63) is 81.6 Å². The summed E-state index contributed by atoms with van der Waals surface area (Å²) in [6.07, 6.45) is 1.80. The number of hydrogen-bond acceptors (Lipinski definition) is 4. The number of rotatable bonds is 8. The lowest BCUT2D eigenvalue weighted by molar-refractivity contribution is 0.289. The molecule has 4 nitrogen and oxygen atoms in total. The summed E-state index contributed by atoms with van der Waals surface area (Å²) in [5, 5.41) is 11.2. The van der Waals surface area contributed by atoms with E-state index in [1.807, 2.05) is 28.8 Å². The van der Waals surface area contributed by atoms with Gasteiger partial charge in [-0.1, -0.05) is 58.7 Å². The van der Waals surface area contributed by atoms with Crippen molar-refractivity contribution in [3.8, 4) is 5.75 Å². The number of thioether (sulfide) groups is 1. The third kappa shape index (κ3) is 5.42. The molecule has 0 atom stereocenters. The summed E-state index contributed by atoms with van der Waals surface area (Å²) < 4.78 is 7.75. The van der Waals surface area contributed by atoms with Crippen LogP contribution in [-0.4, -0.2) is 14.8 Å². The van der Waals surface area contributed by atoms with Gasteiger partial charge in [-0.05, 0) is 42.0 Å². The van der Waals surface area contributed by atoms with E-state index in [4.69, 9.17) is 39.5 Å². The molecule has 0 fully saturated rings. The molecule has 0 amide bonds. The third-order valence-electron chi connectivity index (χ3n) is 3.66. The monoisotopic (exact) mass is 439 g/mol. The molecule has 1 aromatic heterocycles. The average Bonchev–Trinajstić information content (AvgIpc) is 3.03. The average molecular weight is 441 g/mol. The molecule has 0 aliphatic rings. The fourth-order valence-electron chi connectivity index (χ4n) is 2.30. The quantitative estimate of drug-likeness (QED) is 0.304. The zero-order chi connectivity index (χ0) is 19.2. The van der Waals surface area contributed by atoms with Crippen LogP contribution in [0, 0.1) is 0 Å². The van der Waals surface area contributed by atoms with Gasteiger partial charge in [0, 0.05) is 27.4 Å². The maximum absolute atomic E-state index is 6.24. The van der Waals surface area contributed by atoms with Gasteiger partial charge in [0.25, 0.3) is 0 Å². The Labute approximate surface area is 177 Å². The first-order valence-corrected chi connectivity index (χ1v) is 10.2. The van der Waals surface area contributed by atoms with Gasteiger partial charge in [-0.3, -0.25) is 4.57 Å². The number of ether oxygens (including phenoxy) is 1. The van der Waals surface area contributed by atoms with Gasteiger partial charge in [-0.25, -0.2) is 0 Å². The Morgan fingerprint density at radius 2 is 1.78 bits per heavy atom. The van der Waals surface area contributed by atoms with Crippen molar-refractivity contribution < 1.29 is 4.74 Å². The number of nitrogens with zero attached hydrogens (tertiary/aromatic N) is 3. The number of hydrogen-bond donors (Lipinski definition) is 0. The highest BCUT2D eigenvalue weighted by molar-refractivity contribution is 7.98. The van der Waals surface area contributed by atoms with E-state index in [2.05, 4.69) is 16.8 Å². The van der Waals surface area contributed by atoms with Crippen LogP contribution in [0.15, 0.2) is 60.3 Å². The first-order chi connectivity index (χ1) is 13.1. The summed E-state index contributed by atoms with van der Waals surface area (Å²) in [6.45, 7) is 4.69. The molecule has 140 valence electrons. The summed E-state index contributed by atoms with van der Waals surface area (Å²) >= 11 is 19.6. The third-order valence-corrected chi connectivity index (χ3v) is 5.51. The molecule has 0 saturated carbocycles. The number of halogens is 3. The Hall–Kier alpha value is -1.66. The second kappa shape index (κ2) is 9.51. The normalized spacial score (nSPS) is 10.8. The van der Waals surface area contributed by atoms with E-state index in [1.165, 1.54) is 0 Å². The SMILES string of the molecule is C=CCn1c(COc2ccc(Cl)cc2)nnc1SCc1ccc(Cl)cc1Cl. The number of aromatic nitrogens is 3. The molecule has 2 aromatic carbocycles. The van der Waals surface area contributed by atoms with E-state index < -0.39 is 0 Å². The lowest BCUT2D eigenvalue weighted by Gasteiger charge is -2.09. The van der Waals surface area contributed by atoms with Crippen molar-refractivity contribution in [3.63, 3.8) is 0 Å². The van der Waals surface area contributed by atoms with Gasteiger partial charge < -0.3 is 4.74 Å². The van der Waals surface area contributed by atoms with Crippen LogP contribution in [0.1, 0.15) is 11.4 Å². The van der Waals surface area contributed by atoms with E-state index in [-0.39, 0.29) is 0 Å². The Morgan fingerprint density at radius 3 is 2.48 bits per heavy atom. The first-order valence-electron chi connectivity index (χ1n) is 8.05. The van der Waals surface area contributed by atoms with E-state index in [9.17, 15) is 0 Å². The van der Waals surface area contributed by atoms with Crippen LogP contribution in [0.3, 0.4) is 0 Å². The molecule has 0 aliphatic heterocycles. The van der Waals surface area contributed by atoms with Crippen molar-refractivity contribution in [1.82, 2.24) is 14.8 Å². The highest BCUT2D eigenvalue weighted by atomic mass is 35.5. The summed E-state index contributed by atoms with van der Waals surface area (Å²) in [7, 11) is 0. The fourth-order valence-corrected chi connectivity index (χ4v) is 3.96. The van der Waals surface area contributed by atoms with E-state index in [0.29, 0.717) is 34.0 Å². The van der Waals surface area contributed by atoms with Gasteiger partial charge in [0.1, 0.15) is 12.4 Å². The maximum atomic E-state index is 6.24. The summed E-state index contributed by atoms with van der Waals surface area (Å²) in [5.41, 5.74) is 0.984. The van der Waals surface area contributed by atoms with Gasteiger partial charge in [0.05, 0.1) is 0 Å². The van der Waals surface area contributed by atoms with Crippen LogP contribution in [0.4, 0.5) is 0 Å². The van der Waals surface area contributed by atoms with Crippen molar-refractivity contribution in [1.29, 1.82) is 0 Å². The molecule has 0 unspecified atom stereocenters. The predicted octanol–water partition coefficient (Wildman–Crippen LogP) is 6.30. The molecular formula is C19H16Cl3N3OS. The van der Waals surface area contributed by atoms with Crippen LogP contribution in [-0.2, 0) is 18.9 Å². The summed E-state index contributed by atoms with van der Waals surface area (Å²) in [5.74, 6) is 2.09. The first kappa shape index (κ1) is 20.1. The standard InChI is InChI=1S/C19H16Cl3N3OS/c1-2-9-25-18(11-26-16-7-5-14(20)6-8-16)23-24-19(25)27-12-13-3-4-15(21)10-17(13)22/h2-8,10H,1,9,11-12H2. The van der Waals surface area contributed by atoms with E-state index in [1.54, 1.807) is 36.0 Å². The van der Waals surface area contributed by atoms with Crippen LogP contribution in [0.2, 0.25) is 15.1 Å². The Bertz CT molecular complexity index is 928. The second-order valence-electron chi connectivity index (χ2n) is 5.57. The lowest BCUT2D eigenvalue weighted by Crippen LogP contribution is -2.07. The maximum Gasteiger partial charge on any atom is 0.191 e. The van der Waals surface area contributed by atoms with Gasteiger partial charge in [-0.2, -0.15) is 0 Å². The minimum atomic E-state index is 0.296. The van der Waals surface area contributed by atoms with Gasteiger partial charge in [0.2, 0.25) is 0 Å². The minimum absolute atomic E-state index is 0.296. The van der Waals surface area contributed by atoms with Crippen LogP contribution in [0.25, 0.3) is 0 Å². The highest BCUT2D eigenvalue weighted by Gasteiger charge is 2.13.